The summed E-state index contributed by atoms with van der Waals surface area (Å²) in [6, 6.07) is 13.5. The lowest BCUT2D eigenvalue weighted by Crippen LogP contribution is -2.29. The highest BCUT2D eigenvalue weighted by atomic mass is 35.5. The van der Waals surface area contributed by atoms with E-state index in [1.165, 1.54) is 0 Å². The van der Waals surface area contributed by atoms with Crippen LogP contribution in [0.5, 0.6) is 5.75 Å². The molecule has 1 unspecified atom stereocenters. The van der Waals surface area contributed by atoms with Gasteiger partial charge in [-0.15, -0.1) is 0 Å². The lowest BCUT2D eigenvalue weighted by molar-refractivity contribution is -0.135. The summed E-state index contributed by atoms with van der Waals surface area (Å²) in [5.74, 6) is -7.11. The van der Waals surface area contributed by atoms with Gasteiger partial charge in [0.15, 0.2) is 11.6 Å². The maximum atomic E-state index is 14.0. The summed E-state index contributed by atoms with van der Waals surface area (Å²) in [6.07, 6.45) is 0. The first kappa shape index (κ1) is 18.4. The van der Waals surface area contributed by atoms with Crippen LogP contribution in [-0.4, -0.2) is 13.0 Å². The first-order valence-electron chi connectivity index (χ1n) is 8.36. The molecule has 3 aromatic carbocycles. The summed E-state index contributed by atoms with van der Waals surface area (Å²) in [5, 5.41) is 0.306. The van der Waals surface area contributed by atoms with Gasteiger partial charge in [-0.3, -0.25) is 4.79 Å². The maximum Gasteiger partial charge on any atom is 0.323 e. The van der Waals surface area contributed by atoms with E-state index in [2.05, 4.69) is 0 Å². The number of rotatable bonds is 2. The van der Waals surface area contributed by atoms with Crippen LogP contribution in [0.4, 0.5) is 24.5 Å². The molecule has 1 aliphatic heterocycles. The zero-order valence-corrected chi connectivity index (χ0v) is 15.3. The Morgan fingerprint density at radius 3 is 2.43 bits per heavy atom. The minimum atomic E-state index is -1.56. The molecule has 142 valence electrons. The topological polar surface area (TPSA) is 29.5 Å². The van der Waals surface area contributed by atoms with Crippen LogP contribution >= 0.6 is 11.6 Å². The van der Waals surface area contributed by atoms with Gasteiger partial charge in [-0.1, -0.05) is 35.9 Å². The fourth-order valence-corrected chi connectivity index (χ4v) is 3.71. The van der Waals surface area contributed by atoms with Gasteiger partial charge in [-0.2, -0.15) is 4.39 Å². The fraction of sp³-hybridized carbons (Fsp3) is 0.0952. The number of anilines is 2. The summed E-state index contributed by atoms with van der Waals surface area (Å²) >= 11 is 6.36. The number of ether oxygens (including phenoxy) is 1. The number of hydrogen-bond donors (Lipinski definition) is 0. The number of carbonyl (C=O) groups is 1. The predicted molar refractivity (Wildman–Crippen MR) is 99.8 cm³/mol. The van der Waals surface area contributed by atoms with Gasteiger partial charge in [0, 0.05) is 29.0 Å². The molecule has 3 aromatic rings. The number of benzene rings is 3. The van der Waals surface area contributed by atoms with Crippen molar-refractivity contribution in [3.05, 3.63) is 88.2 Å². The second-order valence-corrected chi connectivity index (χ2v) is 6.72. The van der Waals surface area contributed by atoms with E-state index in [4.69, 9.17) is 16.3 Å². The fourth-order valence-electron chi connectivity index (χ4n) is 3.43. The molecule has 0 aromatic heterocycles. The molecule has 4 rings (SSSR count). The van der Waals surface area contributed by atoms with Crippen LogP contribution in [-0.2, 0) is 4.79 Å². The third-order valence-electron chi connectivity index (χ3n) is 4.73. The van der Waals surface area contributed by atoms with Gasteiger partial charge in [-0.05, 0) is 35.9 Å². The van der Waals surface area contributed by atoms with Gasteiger partial charge in [0.05, 0.1) is 0 Å². The average Bonchev–Trinajstić information content (AvgIpc) is 2.69. The second-order valence-electron chi connectivity index (χ2n) is 6.32. The summed E-state index contributed by atoms with van der Waals surface area (Å²) in [7, 11) is 1.82. The predicted octanol–water partition coefficient (Wildman–Crippen LogP) is 5.58. The Kier molecular flexibility index (Phi) is 4.51. The van der Waals surface area contributed by atoms with Crippen molar-refractivity contribution in [1.82, 2.24) is 0 Å². The molecule has 0 radical (unpaired) electrons. The van der Waals surface area contributed by atoms with Gasteiger partial charge >= 0.3 is 5.97 Å². The summed E-state index contributed by atoms with van der Waals surface area (Å²) in [6.45, 7) is 0. The zero-order valence-electron chi connectivity index (χ0n) is 14.5. The monoisotopic (exact) mass is 403 g/mol. The molecule has 0 amide bonds. The third-order valence-corrected chi connectivity index (χ3v) is 5.06. The van der Waals surface area contributed by atoms with Crippen LogP contribution < -0.4 is 9.64 Å². The summed E-state index contributed by atoms with van der Waals surface area (Å²) in [4.78, 5) is 14.9. The molecular weight excluding hydrogens is 391 g/mol. The molecule has 0 saturated carbocycles. The van der Waals surface area contributed by atoms with Crippen molar-refractivity contribution in [3.8, 4) is 5.75 Å². The number of hydrogen-bond acceptors (Lipinski definition) is 3. The number of esters is 1. The van der Waals surface area contributed by atoms with E-state index < -0.39 is 35.1 Å². The highest BCUT2D eigenvalue weighted by molar-refractivity contribution is 6.32. The molecule has 1 atom stereocenters. The lowest BCUT2D eigenvalue weighted by atomic mass is 9.85. The van der Waals surface area contributed by atoms with Gasteiger partial charge in [0.1, 0.15) is 5.92 Å². The minimum Gasteiger partial charge on any atom is -0.419 e. The molecule has 3 nitrogen and oxygen atoms in total. The molecule has 0 fully saturated rings. The van der Waals surface area contributed by atoms with Crippen molar-refractivity contribution in [2.24, 2.45) is 0 Å². The van der Waals surface area contributed by atoms with Crippen LogP contribution in [0.1, 0.15) is 17.0 Å². The van der Waals surface area contributed by atoms with Crippen LogP contribution in [0.3, 0.4) is 0 Å². The average molecular weight is 404 g/mol. The third kappa shape index (κ3) is 2.81. The minimum absolute atomic E-state index is 0.306. The zero-order chi connectivity index (χ0) is 20.0. The van der Waals surface area contributed by atoms with E-state index in [9.17, 15) is 18.0 Å². The van der Waals surface area contributed by atoms with E-state index in [1.54, 1.807) is 36.4 Å². The standard InChI is InChI=1S/C21H13ClF3NO2/c1-26-15-7-3-2-5-11(15)17(18-12(22)6-4-8-16(18)26)21(27)28-20-14(24)10-9-13(23)19(20)25/h2-10,17H,1H3. The van der Waals surface area contributed by atoms with Gasteiger partial charge < -0.3 is 9.64 Å². The summed E-state index contributed by atoms with van der Waals surface area (Å²) < 4.78 is 46.4. The normalized spacial score (nSPS) is 15.0. The molecule has 0 bridgehead atoms. The van der Waals surface area contributed by atoms with E-state index in [1.807, 2.05) is 18.0 Å². The number of nitrogens with zero attached hydrogens (tertiary/aromatic N) is 1. The molecule has 28 heavy (non-hydrogen) atoms. The van der Waals surface area contributed by atoms with Crippen LogP contribution in [0.15, 0.2) is 54.6 Å². The van der Waals surface area contributed by atoms with Crippen molar-refractivity contribution in [3.63, 3.8) is 0 Å². The molecule has 7 heteroatoms. The lowest BCUT2D eigenvalue weighted by Gasteiger charge is -2.34. The quantitative estimate of drug-likeness (QED) is 0.318. The summed E-state index contributed by atoms with van der Waals surface area (Å²) in [5.41, 5.74) is 2.40. The molecule has 1 heterocycles. The van der Waals surface area contributed by atoms with Crippen molar-refractivity contribution in [2.45, 2.75) is 5.92 Å². The number of para-hydroxylation sites is 1. The van der Waals surface area contributed by atoms with E-state index in [0.29, 0.717) is 34.0 Å². The van der Waals surface area contributed by atoms with Gasteiger partial charge in [0.2, 0.25) is 11.6 Å². The SMILES string of the molecule is CN1c2ccccc2C(C(=O)Oc2c(F)ccc(F)c2F)c2c(Cl)cccc21. The van der Waals surface area contributed by atoms with E-state index in [0.717, 1.165) is 5.69 Å². The van der Waals surface area contributed by atoms with Crippen LogP contribution in [0.2, 0.25) is 5.02 Å². The van der Waals surface area contributed by atoms with E-state index >= 15 is 0 Å². The number of carbonyl (C=O) groups excluding carboxylic acids is 1. The highest BCUT2D eigenvalue weighted by Crippen LogP contribution is 2.47. The molecule has 1 aliphatic rings. The second kappa shape index (κ2) is 6.87. The Labute approximate surface area is 163 Å². The van der Waals surface area contributed by atoms with Gasteiger partial charge in [0.25, 0.3) is 0 Å². The van der Waals surface area contributed by atoms with Crippen LogP contribution in [0.25, 0.3) is 0 Å². The van der Waals surface area contributed by atoms with Crippen molar-refractivity contribution in [1.29, 1.82) is 0 Å². The molecule has 0 spiro atoms. The van der Waals surface area contributed by atoms with Crippen molar-refractivity contribution < 1.29 is 22.7 Å². The Morgan fingerprint density at radius 1 is 0.964 bits per heavy atom. The molecular formula is C21H13ClF3NO2. The first-order chi connectivity index (χ1) is 13.4. The number of fused-ring (bicyclic) bond motifs is 2. The number of halogens is 4. The van der Waals surface area contributed by atoms with Crippen molar-refractivity contribution in [2.75, 3.05) is 11.9 Å². The Morgan fingerprint density at radius 2 is 1.64 bits per heavy atom. The van der Waals surface area contributed by atoms with Crippen LogP contribution in [0, 0.1) is 17.5 Å². The highest BCUT2D eigenvalue weighted by Gasteiger charge is 2.37. The smallest absolute Gasteiger partial charge is 0.323 e. The Bertz CT molecular complexity index is 1100. The Balaban J connectivity index is 1.85. The van der Waals surface area contributed by atoms with E-state index in [-0.39, 0.29) is 0 Å². The molecule has 0 saturated heterocycles. The largest absolute Gasteiger partial charge is 0.419 e. The van der Waals surface area contributed by atoms with Gasteiger partial charge in [-0.25, -0.2) is 8.78 Å². The molecule has 0 N–H and O–H groups in total. The Hall–Kier alpha value is -2.99. The maximum absolute atomic E-state index is 14.0. The molecule has 0 aliphatic carbocycles. The van der Waals surface area contributed by atoms with Crippen molar-refractivity contribution >= 4 is 28.9 Å². The first-order valence-corrected chi connectivity index (χ1v) is 8.74.